The van der Waals surface area contributed by atoms with Gasteiger partial charge in [0, 0.05) is 11.6 Å². The van der Waals surface area contributed by atoms with Gasteiger partial charge >= 0.3 is 0 Å². The van der Waals surface area contributed by atoms with E-state index >= 15 is 0 Å². The van der Waals surface area contributed by atoms with E-state index in [0.717, 1.165) is 29.2 Å². The number of pyridine rings is 1. The summed E-state index contributed by atoms with van der Waals surface area (Å²) in [5.41, 5.74) is 5.61. The number of nitrogens with two attached hydrogens (primary N) is 1. The molecular weight excluding hydrogens is 392 g/mol. The number of aromatic nitrogens is 1. The molecule has 138 valence electrons. The lowest BCUT2D eigenvalue weighted by atomic mass is 10.1. The lowest BCUT2D eigenvalue weighted by molar-refractivity contribution is 0.0995. The number of aromatic amines is 1. The molecule has 8 nitrogen and oxygen atoms in total. The highest BCUT2D eigenvalue weighted by Gasteiger charge is 2.22. The molecule has 4 rings (SSSR count). The Labute approximate surface area is 159 Å². The number of benzene rings is 1. The normalized spacial score (nSPS) is 12.4. The topological polar surface area (TPSA) is 132 Å². The van der Waals surface area contributed by atoms with E-state index in [4.69, 9.17) is 15.2 Å². The molecule has 4 N–H and O–H groups in total. The lowest BCUT2D eigenvalue weighted by Gasteiger charge is -2.03. The van der Waals surface area contributed by atoms with E-state index in [1.54, 1.807) is 18.2 Å². The molecule has 0 fully saturated rings. The average Bonchev–Trinajstić information content (AvgIpc) is 3.22. The van der Waals surface area contributed by atoms with Crippen LogP contribution >= 0.6 is 23.1 Å². The van der Waals surface area contributed by atoms with Gasteiger partial charge in [-0.15, -0.1) is 23.1 Å². The number of nitrogens with one attached hydrogen (secondary N) is 1. The summed E-state index contributed by atoms with van der Waals surface area (Å²) in [6.45, 7) is 0.118. The van der Waals surface area contributed by atoms with Crippen molar-refractivity contribution in [2.45, 2.75) is 4.21 Å². The number of primary amides is 1. The fraction of sp³-hybridized carbons (Fsp3) is 0.118. The highest BCUT2D eigenvalue weighted by atomic mass is 32.2. The summed E-state index contributed by atoms with van der Waals surface area (Å²) in [5, 5.41) is 9.95. The number of hydrogen-bond acceptors (Lipinski definition) is 8. The number of hydrogen-bond donors (Lipinski definition) is 3. The number of aromatic hydroxyl groups is 1. The van der Waals surface area contributed by atoms with E-state index in [9.17, 15) is 19.5 Å². The zero-order valence-corrected chi connectivity index (χ0v) is 15.2. The van der Waals surface area contributed by atoms with Crippen molar-refractivity contribution in [3.8, 4) is 17.2 Å². The van der Waals surface area contributed by atoms with Gasteiger partial charge in [0.1, 0.15) is 5.75 Å². The van der Waals surface area contributed by atoms with Gasteiger partial charge in [0.15, 0.2) is 17.3 Å². The molecule has 1 aliphatic heterocycles. The van der Waals surface area contributed by atoms with Crippen LogP contribution in [0.1, 0.15) is 20.7 Å². The Morgan fingerprint density at radius 3 is 2.81 bits per heavy atom. The van der Waals surface area contributed by atoms with E-state index in [2.05, 4.69) is 4.98 Å². The van der Waals surface area contributed by atoms with E-state index in [1.807, 2.05) is 0 Å². The molecule has 0 radical (unpaired) electrons. The van der Waals surface area contributed by atoms with Gasteiger partial charge in [0.25, 0.3) is 11.5 Å². The molecule has 10 heteroatoms. The Morgan fingerprint density at radius 1 is 1.26 bits per heavy atom. The van der Waals surface area contributed by atoms with Crippen LogP contribution in [0.3, 0.4) is 0 Å². The number of fused-ring (bicyclic) bond motifs is 2. The number of carbonyl (C=O) groups excluding carboxylic acids is 2. The smallest absolute Gasteiger partial charge is 0.252 e. The minimum atomic E-state index is -0.750. The second-order valence-corrected chi connectivity index (χ2v) is 7.90. The van der Waals surface area contributed by atoms with Gasteiger partial charge in [-0.05, 0) is 18.2 Å². The van der Waals surface area contributed by atoms with E-state index in [0.29, 0.717) is 26.0 Å². The molecule has 0 spiro atoms. The van der Waals surface area contributed by atoms with Crippen LogP contribution in [0, 0.1) is 0 Å². The molecule has 0 unspecified atom stereocenters. The predicted octanol–water partition coefficient (Wildman–Crippen LogP) is 2.10. The van der Waals surface area contributed by atoms with Crippen LogP contribution in [0.15, 0.2) is 33.3 Å². The van der Waals surface area contributed by atoms with Crippen molar-refractivity contribution in [1.29, 1.82) is 0 Å². The maximum Gasteiger partial charge on any atom is 0.252 e. The number of amides is 1. The molecule has 1 aliphatic rings. The molecule has 1 amide bonds. The highest BCUT2D eigenvalue weighted by Crippen LogP contribution is 2.40. The van der Waals surface area contributed by atoms with Gasteiger partial charge in [0.05, 0.1) is 25.7 Å². The van der Waals surface area contributed by atoms with Crippen molar-refractivity contribution < 1.29 is 24.2 Å². The average molecular weight is 404 g/mol. The molecule has 27 heavy (non-hydrogen) atoms. The van der Waals surface area contributed by atoms with Crippen LogP contribution in [0.4, 0.5) is 0 Å². The summed E-state index contributed by atoms with van der Waals surface area (Å²) in [4.78, 5) is 38.5. The Morgan fingerprint density at radius 2 is 2.04 bits per heavy atom. The molecular formula is C17H12N2O6S2. The van der Waals surface area contributed by atoms with Gasteiger partial charge in [-0.3, -0.25) is 14.4 Å². The third kappa shape index (κ3) is 3.13. The minimum Gasteiger partial charge on any atom is -0.506 e. The Hall–Kier alpha value is -2.98. The molecule has 3 aromatic rings. The first-order chi connectivity index (χ1) is 12.9. The first-order valence-corrected chi connectivity index (χ1v) is 9.48. The van der Waals surface area contributed by atoms with Crippen LogP contribution in [0.5, 0.6) is 17.2 Å². The predicted molar refractivity (Wildman–Crippen MR) is 100 cm³/mol. The molecule has 3 heterocycles. The van der Waals surface area contributed by atoms with Crippen LogP contribution in [-0.4, -0.2) is 34.3 Å². The number of rotatable bonds is 5. The van der Waals surface area contributed by atoms with Gasteiger partial charge < -0.3 is 25.3 Å². The second-order valence-electron chi connectivity index (χ2n) is 5.63. The fourth-order valence-corrected chi connectivity index (χ4v) is 5.02. The zero-order chi connectivity index (χ0) is 19.1. The summed E-state index contributed by atoms with van der Waals surface area (Å²) in [6, 6.07) is 5.93. The number of carbonyl (C=O) groups is 2. The van der Waals surface area contributed by atoms with Crippen molar-refractivity contribution in [2.24, 2.45) is 5.73 Å². The monoisotopic (exact) mass is 404 g/mol. The van der Waals surface area contributed by atoms with E-state index < -0.39 is 11.5 Å². The van der Waals surface area contributed by atoms with E-state index in [1.165, 1.54) is 0 Å². The van der Waals surface area contributed by atoms with Gasteiger partial charge in [0.2, 0.25) is 6.79 Å². The first kappa shape index (κ1) is 17.4. The Kier molecular flexibility index (Phi) is 4.28. The number of ketones is 1. The maximum atomic E-state index is 12.5. The molecule has 0 saturated heterocycles. The summed E-state index contributed by atoms with van der Waals surface area (Å²) >= 11 is 2.20. The Balaban J connectivity index is 1.63. The number of ether oxygens (including phenoxy) is 2. The van der Waals surface area contributed by atoms with Crippen molar-refractivity contribution in [3.63, 3.8) is 0 Å². The van der Waals surface area contributed by atoms with Gasteiger partial charge in [-0.25, -0.2) is 0 Å². The van der Waals surface area contributed by atoms with Crippen molar-refractivity contribution in [2.75, 3.05) is 12.5 Å². The number of thioether (sulfide) groups is 1. The molecule has 0 atom stereocenters. The molecule has 0 bridgehead atoms. The van der Waals surface area contributed by atoms with E-state index in [-0.39, 0.29) is 35.2 Å². The van der Waals surface area contributed by atoms with Gasteiger partial charge in [-0.1, -0.05) is 0 Å². The Bertz CT molecular complexity index is 1150. The summed E-state index contributed by atoms with van der Waals surface area (Å²) in [5.74, 6) is -0.0376. The molecule has 0 saturated carbocycles. The third-order valence-electron chi connectivity index (χ3n) is 3.90. The third-order valence-corrected chi connectivity index (χ3v) is 6.38. The second kappa shape index (κ2) is 6.63. The standard InChI is InChI=1S/C17H12N2O6S2/c18-16(23)13-14-15(8(20)4-12(22)19-14)27-17(13)26-5-9(21)7-1-2-10-11(3-7)25-6-24-10/h1-4H,5-6H2,(H2,18,23)(H2,19,20,22). The molecule has 2 aromatic heterocycles. The van der Waals surface area contributed by atoms with Crippen molar-refractivity contribution in [3.05, 3.63) is 45.7 Å². The molecule has 0 aliphatic carbocycles. The minimum absolute atomic E-state index is 0.0394. The highest BCUT2D eigenvalue weighted by molar-refractivity contribution is 8.02. The summed E-state index contributed by atoms with van der Waals surface area (Å²) < 4.78 is 11.3. The van der Waals surface area contributed by atoms with Crippen LogP contribution in [-0.2, 0) is 0 Å². The number of H-pyrrole nitrogens is 1. The maximum absolute atomic E-state index is 12.5. The van der Waals surface area contributed by atoms with Crippen LogP contribution < -0.4 is 20.8 Å². The molecule has 1 aromatic carbocycles. The quantitative estimate of drug-likeness (QED) is 0.438. The summed E-state index contributed by atoms with van der Waals surface area (Å²) in [6.07, 6.45) is 0. The van der Waals surface area contributed by atoms with Crippen molar-refractivity contribution >= 4 is 45.0 Å². The SMILES string of the molecule is NC(=O)c1c(SCC(=O)c2ccc3c(c2)OCO3)sc2c(O)cc(=O)[nH]c12. The van der Waals surface area contributed by atoms with Crippen LogP contribution in [0.2, 0.25) is 0 Å². The number of thiophene rings is 1. The fourth-order valence-electron chi connectivity index (χ4n) is 2.67. The van der Waals surface area contributed by atoms with Crippen molar-refractivity contribution in [1.82, 2.24) is 4.98 Å². The van der Waals surface area contributed by atoms with Crippen LogP contribution in [0.25, 0.3) is 10.2 Å². The van der Waals surface area contributed by atoms with Gasteiger partial charge in [-0.2, -0.15) is 0 Å². The largest absolute Gasteiger partial charge is 0.506 e. The lowest BCUT2D eigenvalue weighted by Crippen LogP contribution is -2.13. The first-order valence-electron chi connectivity index (χ1n) is 7.68. The number of Topliss-reactive ketones (excluding diaryl/α,β-unsaturated/α-hetero) is 1. The summed E-state index contributed by atoms with van der Waals surface area (Å²) in [7, 11) is 0. The zero-order valence-electron chi connectivity index (χ0n) is 13.6.